The van der Waals surface area contributed by atoms with E-state index in [0.717, 1.165) is 6.07 Å². The fraction of sp³-hybridized carbons (Fsp3) is 0.190. The van der Waals surface area contributed by atoms with Gasteiger partial charge in [0.1, 0.15) is 23.0 Å². The Kier molecular flexibility index (Phi) is 4.97. The topological polar surface area (TPSA) is 129 Å². The SMILES string of the molecule is Cc1cc(Cn2nc(C)c(NC(=O)c3cc(C(N)=O)nc4cc(F)ccc34)c2C)no1. The van der Waals surface area contributed by atoms with Gasteiger partial charge in [0.2, 0.25) is 0 Å². The van der Waals surface area contributed by atoms with Gasteiger partial charge in [0.25, 0.3) is 11.8 Å². The van der Waals surface area contributed by atoms with E-state index in [0.29, 0.717) is 40.5 Å². The second kappa shape index (κ2) is 7.63. The molecule has 0 atom stereocenters. The molecule has 4 aromatic rings. The lowest BCUT2D eigenvalue weighted by atomic mass is 10.1. The largest absolute Gasteiger partial charge is 0.364 e. The standard InChI is InChI=1S/C21H19FN6O3/c1-10-6-14(27-31-10)9-28-12(3)19(11(2)26-28)25-21(30)16-8-18(20(23)29)24-17-7-13(22)4-5-15(16)17/h4-8H,9H2,1-3H3,(H2,23,29)(H,25,30). The van der Waals surface area contributed by atoms with Gasteiger partial charge in [-0.3, -0.25) is 14.3 Å². The molecule has 9 nitrogen and oxygen atoms in total. The van der Waals surface area contributed by atoms with Crippen molar-refractivity contribution in [3.63, 3.8) is 0 Å². The highest BCUT2D eigenvalue weighted by Gasteiger charge is 2.20. The number of carbonyl (C=O) groups is 2. The number of halogens is 1. The number of aryl methyl sites for hydroxylation is 2. The first-order valence-electron chi connectivity index (χ1n) is 9.40. The van der Waals surface area contributed by atoms with E-state index in [1.54, 1.807) is 18.5 Å². The molecule has 0 aliphatic rings. The number of primary amides is 1. The normalized spacial score (nSPS) is 11.1. The Balaban J connectivity index is 1.70. The maximum absolute atomic E-state index is 13.7. The minimum Gasteiger partial charge on any atom is -0.364 e. The molecule has 4 rings (SSSR count). The predicted molar refractivity (Wildman–Crippen MR) is 110 cm³/mol. The quantitative estimate of drug-likeness (QED) is 0.509. The summed E-state index contributed by atoms with van der Waals surface area (Å²) in [5.74, 6) is -1.16. The fourth-order valence-corrected chi connectivity index (χ4v) is 3.37. The summed E-state index contributed by atoms with van der Waals surface area (Å²) in [5.41, 5.74) is 8.06. The molecule has 1 aromatic carbocycles. The van der Waals surface area contributed by atoms with Gasteiger partial charge in [0.15, 0.2) is 0 Å². The van der Waals surface area contributed by atoms with Gasteiger partial charge in [0.05, 0.1) is 34.7 Å². The van der Waals surface area contributed by atoms with Crippen molar-refractivity contribution in [1.82, 2.24) is 19.9 Å². The number of pyridine rings is 1. The van der Waals surface area contributed by atoms with Gasteiger partial charge in [-0.05, 0) is 39.0 Å². The number of fused-ring (bicyclic) bond motifs is 1. The van der Waals surface area contributed by atoms with Gasteiger partial charge in [-0.15, -0.1) is 0 Å². The lowest BCUT2D eigenvalue weighted by molar-refractivity contribution is 0.0996. The molecular formula is C21H19FN6O3. The molecule has 0 aliphatic heterocycles. The second-order valence-electron chi connectivity index (χ2n) is 7.17. The number of nitrogens with zero attached hydrogens (tertiary/aromatic N) is 4. The first kappa shape index (κ1) is 20.2. The van der Waals surface area contributed by atoms with Crippen molar-refractivity contribution < 1.29 is 18.5 Å². The average Bonchev–Trinajstić information content (AvgIpc) is 3.24. The third-order valence-electron chi connectivity index (χ3n) is 4.88. The number of nitrogens with two attached hydrogens (primary N) is 1. The monoisotopic (exact) mass is 422 g/mol. The Morgan fingerprint density at radius 2 is 1.97 bits per heavy atom. The van der Waals surface area contributed by atoms with Gasteiger partial charge in [-0.2, -0.15) is 5.10 Å². The number of benzene rings is 1. The fourth-order valence-electron chi connectivity index (χ4n) is 3.37. The summed E-state index contributed by atoms with van der Waals surface area (Å²) in [6.07, 6.45) is 0. The highest BCUT2D eigenvalue weighted by Crippen LogP contribution is 2.24. The number of nitrogens with one attached hydrogen (secondary N) is 1. The minimum atomic E-state index is -0.816. The summed E-state index contributed by atoms with van der Waals surface area (Å²) in [6.45, 7) is 5.76. The molecule has 0 spiro atoms. The molecule has 0 fully saturated rings. The van der Waals surface area contributed by atoms with E-state index in [9.17, 15) is 14.0 Å². The third-order valence-corrected chi connectivity index (χ3v) is 4.88. The molecule has 31 heavy (non-hydrogen) atoms. The first-order chi connectivity index (χ1) is 14.7. The molecule has 0 unspecified atom stereocenters. The van der Waals surface area contributed by atoms with Crippen molar-refractivity contribution in [3.05, 3.63) is 70.2 Å². The number of rotatable bonds is 5. The highest BCUT2D eigenvalue weighted by molar-refractivity contribution is 6.14. The van der Waals surface area contributed by atoms with Gasteiger partial charge in [-0.25, -0.2) is 9.37 Å². The molecule has 0 saturated heterocycles. The summed E-state index contributed by atoms with van der Waals surface area (Å²) in [4.78, 5) is 28.8. The van der Waals surface area contributed by atoms with Crippen molar-refractivity contribution in [1.29, 1.82) is 0 Å². The van der Waals surface area contributed by atoms with E-state index >= 15 is 0 Å². The maximum Gasteiger partial charge on any atom is 0.267 e. The predicted octanol–water partition coefficient (Wildman–Crippen LogP) is 2.88. The lowest BCUT2D eigenvalue weighted by Gasteiger charge is -2.10. The number of hydrogen-bond donors (Lipinski definition) is 2. The Labute approximate surface area is 176 Å². The number of aromatic nitrogens is 4. The average molecular weight is 422 g/mol. The molecule has 0 aliphatic carbocycles. The molecule has 10 heteroatoms. The minimum absolute atomic E-state index is 0.131. The van der Waals surface area contributed by atoms with Crippen LogP contribution in [0.4, 0.5) is 10.1 Å². The molecule has 3 N–H and O–H groups in total. The molecule has 2 amide bonds. The number of anilines is 1. The van der Waals surface area contributed by atoms with Gasteiger partial charge < -0.3 is 15.6 Å². The Hall–Kier alpha value is -4.08. The smallest absolute Gasteiger partial charge is 0.267 e. The van der Waals surface area contributed by atoms with Gasteiger partial charge in [-0.1, -0.05) is 5.16 Å². The Morgan fingerprint density at radius 1 is 1.19 bits per heavy atom. The maximum atomic E-state index is 13.7. The Morgan fingerprint density at radius 3 is 2.65 bits per heavy atom. The van der Waals surface area contributed by atoms with Crippen LogP contribution in [0.2, 0.25) is 0 Å². The molecule has 158 valence electrons. The van der Waals surface area contributed by atoms with Crippen LogP contribution in [-0.4, -0.2) is 31.7 Å². The molecule has 3 aromatic heterocycles. The van der Waals surface area contributed by atoms with Crippen LogP contribution in [-0.2, 0) is 6.54 Å². The van der Waals surface area contributed by atoms with Crippen LogP contribution in [0.15, 0.2) is 34.9 Å². The van der Waals surface area contributed by atoms with Crippen LogP contribution in [0.5, 0.6) is 0 Å². The number of carbonyl (C=O) groups excluding carboxylic acids is 2. The van der Waals surface area contributed by atoms with E-state index in [4.69, 9.17) is 10.3 Å². The lowest BCUT2D eigenvalue weighted by Crippen LogP contribution is -2.18. The van der Waals surface area contributed by atoms with Crippen molar-refractivity contribution in [2.45, 2.75) is 27.3 Å². The number of amides is 2. The van der Waals surface area contributed by atoms with E-state index in [2.05, 4.69) is 20.6 Å². The molecule has 0 radical (unpaired) electrons. The van der Waals surface area contributed by atoms with Crippen molar-refractivity contribution in [2.24, 2.45) is 5.73 Å². The second-order valence-corrected chi connectivity index (χ2v) is 7.17. The summed E-state index contributed by atoms with van der Waals surface area (Å²) in [7, 11) is 0. The zero-order valence-electron chi connectivity index (χ0n) is 17.1. The van der Waals surface area contributed by atoms with Crippen molar-refractivity contribution >= 4 is 28.4 Å². The summed E-state index contributed by atoms with van der Waals surface area (Å²) < 4.78 is 20.4. The van der Waals surface area contributed by atoms with Crippen LogP contribution in [0.3, 0.4) is 0 Å². The van der Waals surface area contributed by atoms with Crippen LogP contribution < -0.4 is 11.1 Å². The van der Waals surface area contributed by atoms with E-state index in [1.165, 1.54) is 18.2 Å². The first-order valence-corrected chi connectivity index (χ1v) is 9.40. The molecular weight excluding hydrogens is 403 g/mol. The van der Waals surface area contributed by atoms with Gasteiger partial charge >= 0.3 is 0 Å². The summed E-state index contributed by atoms with van der Waals surface area (Å²) >= 11 is 0. The van der Waals surface area contributed by atoms with Crippen molar-refractivity contribution in [2.75, 3.05) is 5.32 Å². The number of hydrogen-bond acceptors (Lipinski definition) is 6. The Bertz CT molecular complexity index is 1340. The van der Waals surface area contributed by atoms with E-state index in [-0.39, 0.29) is 16.8 Å². The van der Waals surface area contributed by atoms with Crippen LogP contribution in [0.1, 0.15) is 43.7 Å². The highest BCUT2D eigenvalue weighted by atomic mass is 19.1. The van der Waals surface area contributed by atoms with E-state index in [1.807, 2.05) is 13.0 Å². The van der Waals surface area contributed by atoms with Crippen molar-refractivity contribution in [3.8, 4) is 0 Å². The molecule has 3 heterocycles. The van der Waals surface area contributed by atoms with Crippen LogP contribution in [0, 0.1) is 26.6 Å². The zero-order chi connectivity index (χ0) is 22.3. The van der Waals surface area contributed by atoms with Crippen LogP contribution in [0.25, 0.3) is 10.9 Å². The third kappa shape index (κ3) is 3.87. The van der Waals surface area contributed by atoms with Gasteiger partial charge in [0, 0.05) is 17.5 Å². The van der Waals surface area contributed by atoms with Crippen LogP contribution >= 0.6 is 0 Å². The molecule has 0 bridgehead atoms. The summed E-state index contributed by atoms with van der Waals surface area (Å²) in [6, 6.07) is 6.91. The zero-order valence-corrected chi connectivity index (χ0v) is 17.1. The molecule has 0 saturated carbocycles. The summed E-state index contributed by atoms with van der Waals surface area (Å²) in [5, 5.41) is 11.7. The van der Waals surface area contributed by atoms with E-state index < -0.39 is 17.6 Å².